The van der Waals surface area contributed by atoms with E-state index < -0.39 is 0 Å². The van der Waals surface area contributed by atoms with Crippen molar-refractivity contribution in [3.8, 4) is 11.5 Å². The first-order valence-electron chi connectivity index (χ1n) is 8.54. The third-order valence-electron chi connectivity index (χ3n) is 3.44. The molecule has 150 valence electrons. The molecule has 0 atom stereocenters. The first-order valence-corrected chi connectivity index (χ1v) is 8.54. The number of rotatable bonds is 12. The lowest BCUT2D eigenvalue weighted by atomic mass is 10.2. The molecule has 0 aliphatic rings. The quantitative estimate of drug-likeness (QED) is 0.207. The molecular weight excluding hydrogens is 449 g/mol. The monoisotopic (exact) mass is 481 g/mol. The fourth-order valence-corrected chi connectivity index (χ4v) is 2.11. The van der Waals surface area contributed by atoms with Gasteiger partial charge in [-0.15, -0.1) is 24.0 Å². The van der Waals surface area contributed by atoms with Gasteiger partial charge in [0.1, 0.15) is 11.5 Å². The Morgan fingerprint density at radius 2 is 1.85 bits per heavy atom. The topological polar surface area (TPSA) is 73.3 Å². The Kier molecular flexibility index (Phi) is 15.2. The van der Waals surface area contributed by atoms with Gasteiger partial charge in [-0.3, -0.25) is 0 Å². The summed E-state index contributed by atoms with van der Waals surface area (Å²) in [5.41, 5.74) is 1.00. The van der Waals surface area contributed by atoms with E-state index in [1.54, 1.807) is 21.3 Å². The maximum Gasteiger partial charge on any atom is 0.191 e. The van der Waals surface area contributed by atoms with Gasteiger partial charge in [-0.25, -0.2) is 4.99 Å². The van der Waals surface area contributed by atoms with Gasteiger partial charge in [0.05, 0.1) is 34.0 Å². The van der Waals surface area contributed by atoms with Crippen molar-refractivity contribution in [2.75, 3.05) is 54.2 Å². The minimum atomic E-state index is 0. The highest BCUT2D eigenvalue weighted by atomic mass is 127. The highest BCUT2D eigenvalue weighted by Crippen LogP contribution is 2.25. The molecule has 0 aromatic heterocycles. The predicted octanol–water partition coefficient (Wildman–Crippen LogP) is 2.43. The van der Waals surface area contributed by atoms with Crippen LogP contribution < -0.4 is 20.1 Å². The van der Waals surface area contributed by atoms with E-state index in [1.807, 2.05) is 25.1 Å². The van der Waals surface area contributed by atoms with Crippen LogP contribution in [0.2, 0.25) is 0 Å². The lowest BCUT2D eigenvalue weighted by Crippen LogP contribution is -2.38. The maximum absolute atomic E-state index is 5.44. The molecule has 1 aromatic carbocycles. The van der Waals surface area contributed by atoms with E-state index in [0.717, 1.165) is 42.5 Å². The summed E-state index contributed by atoms with van der Waals surface area (Å²) in [7, 11) is 4.95. The fourth-order valence-electron chi connectivity index (χ4n) is 2.11. The van der Waals surface area contributed by atoms with Crippen molar-refractivity contribution in [3.05, 3.63) is 23.8 Å². The Hall–Kier alpha value is -1.26. The van der Waals surface area contributed by atoms with Gasteiger partial charge in [-0.05, 0) is 25.5 Å². The number of nitrogens with one attached hydrogen (secondary N) is 2. The van der Waals surface area contributed by atoms with Crippen molar-refractivity contribution >= 4 is 29.9 Å². The highest BCUT2D eigenvalue weighted by molar-refractivity contribution is 14.0. The standard InChI is InChI=1S/C18H31N3O4.HI/c1-5-19-18(20-9-6-10-25-12-11-22-2)21-14-15-7-8-16(23-3)13-17(15)24-4;/h7-8,13H,5-6,9-12,14H2,1-4H3,(H2,19,20,21);1H. The molecule has 0 unspecified atom stereocenters. The summed E-state index contributed by atoms with van der Waals surface area (Å²) in [6.45, 7) is 6.10. The second-order valence-electron chi connectivity index (χ2n) is 5.26. The van der Waals surface area contributed by atoms with E-state index in [2.05, 4.69) is 15.6 Å². The van der Waals surface area contributed by atoms with Crippen LogP contribution in [0.4, 0.5) is 0 Å². The average molecular weight is 481 g/mol. The van der Waals surface area contributed by atoms with Crippen LogP contribution in [0.15, 0.2) is 23.2 Å². The number of aliphatic imine (C=N–C) groups is 1. The van der Waals surface area contributed by atoms with Crippen molar-refractivity contribution in [2.45, 2.75) is 19.9 Å². The minimum Gasteiger partial charge on any atom is -0.497 e. The number of benzene rings is 1. The lowest BCUT2D eigenvalue weighted by Gasteiger charge is -2.13. The van der Waals surface area contributed by atoms with Crippen molar-refractivity contribution in [1.82, 2.24) is 10.6 Å². The van der Waals surface area contributed by atoms with E-state index in [-0.39, 0.29) is 24.0 Å². The third-order valence-corrected chi connectivity index (χ3v) is 3.44. The van der Waals surface area contributed by atoms with Crippen molar-refractivity contribution in [2.24, 2.45) is 4.99 Å². The van der Waals surface area contributed by atoms with Crippen LogP contribution in [0.3, 0.4) is 0 Å². The molecule has 1 aromatic rings. The van der Waals surface area contributed by atoms with Gasteiger partial charge in [-0.1, -0.05) is 0 Å². The number of halogens is 1. The number of methoxy groups -OCH3 is 3. The molecule has 2 N–H and O–H groups in total. The van der Waals surface area contributed by atoms with E-state index in [4.69, 9.17) is 18.9 Å². The van der Waals surface area contributed by atoms with Crippen LogP contribution in [0.5, 0.6) is 11.5 Å². The summed E-state index contributed by atoms with van der Waals surface area (Å²) >= 11 is 0. The number of ether oxygens (including phenoxy) is 4. The van der Waals surface area contributed by atoms with Crippen LogP contribution in [-0.4, -0.2) is 60.2 Å². The first kappa shape index (κ1) is 24.7. The summed E-state index contributed by atoms with van der Waals surface area (Å²) in [5, 5.41) is 6.54. The highest BCUT2D eigenvalue weighted by Gasteiger charge is 2.05. The zero-order chi connectivity index (χ0) is 18.3. The van der Waals surface area contributed by atoms with Gasteiger partial charge in [0.25, 0.3) is 0 Å². The van der Waals surface area contributed by atoms with Crippen LogP contribution >= 0.6 is 24.0 Å². The molecule has 0 bridgehead atoms. The molecule has 0 saturated carbocycles. The lowest BCUT2D eigenvalue weighted by molar-refractivity contribution is 0.0698. The summed E-state index contributed by atoms with van der Waals surface area (Å²) in [6.07, 6.45) is 0.903. The van der Waals surface area contributed by atoms with Gasteiger partial charge in [0.15, 0.2) is 5.96 Å². The third kappa shape index (κ3) is 10.0. The molecule has 8 heteroatoms. The summed E-state index contributed by atoms with van der Waals surface area (Å²) in [6, 6.07) is 5.74. The first-order chi connectivity index (χ1) is 12.2. The molecule has 0 aliphatic heterocycles. The van der Waals surface area contributed by atoms with Crippen molar-refractivity contribution in [3.63, 3.8) is 0 Å². The summed E-state index contributed by atoms with van der Waals surface area (Å²) in [4.78, 5) is 4.61. The molecule has 0 spiro atoms. The second kappa shape index (κ2) is 16.0. The van der Waals surface area contributed by atoms with Gasteiger partial charge >= 0.3 is 0 Å². The zero-order valence-electron chi connectivity index (χ0n) is 16.2. The summed E-state index contributed by atoms with van der Waals surface area (Å²) in [5.74, 6) is 2.31. The molecule has 26 heavy (non-hydrogen) atoms. The van der Waals surface area contributed by atoms with Crippen molar-refractivity contribution in [1.29, 1.82) is 0 Å². The van der Waals surface area contributed by atoms with E-state index >= 15 is 0 Å². The number of hydrogen-bond acceptors (Lipinski definition) is 5. The van der Waals surface area contributed by atoms with Gasteiger partial charge < -0.3 is 29.6 Å². The normalized spacial score (nSPS) is 10.8. The van der Waals surface area contributed by atoms with Gasteiger partial charge in [0.2, 0.25) is 0 Å². The van der Waals surface area contributed by atoms with E-state index in [9.17, 15) is 0 Å². The smallest absolute Gasteiger partial charge is 0.191 e. The minimum absolute atomic E-state index is 0. The van der Waals surface area contributed by atoms with Crippen LogP contribution in [0, 0.1) is 0 Å². The van der Waals surface area contributed by atoms with Crippen LogP contribution in [0.25, 0.3) is 0 Å². The average Bonchev–Trinajstić information content (AvgIpc) is 2.65. The molecule has 0 fully saturated rings. The van der Waals surface area contributed by atoms with Crippen LogP contribution in [-0.2, 0) is 16.0 Å². The predicted molar refractivity (Wildman–Crippen MR) is 115 cm³/mol. The van der Waals surface area contributed by atoms with Crippen molar-refractivity contribution < 1.29 is 18.9 Å². The number of guanidine groups is 1. The van der Waals surface area contributed by atoms with Gasteiger partial charge in [0, 0.05) is 38.4 Å². The molecular formula is C18H32IN3O4. The fraction of sp³-hybridized carbons (Fsp3) is 0.611. The second-order valence-corrected chi connectivity index (χ2v) is 5.26. The molecule has 0 heterocycles. The number of nitrogens with zero attached hydrogens (tertiary/aromatic N) is 1. The Bertz CT molecular complexity index is 515. The Morgan fingerprint density at radius 1 is 1.04 bits per heavy atom. The molecule has 0 radical (unpaired) electrons. The van der Waals surface area contributed by atoms with E-state index in [1.165, 1.54) is 0 Å². The van der Waals surface area contributed by atoms with E-state index in [0.29, 0.717) is 26.4 Å². The molecule has 1 rings (SSSR count). The SMILES string of the molecule is CCNC(=NCc1ccc(OC)cc1OC)NCCCOCCOC.I. The Balaban J connectivity index is 0.00000625. The largest absolute Gasteiger partial charge is 0.497 e. The Morgan fingerprint density at radius 3 is 2.50 bits per heavy atom. The zero-order valence-corrected chi connectivity index (χ0v) is 18.5. The number of hydrogen-bond donors (Lipinski definition) is 2. The van der Waals surface area contributed by atoms with Crippen LogP contribution in [0.1, 0.15) is 18.9 Å². The van der Waals surface area contributed by atoms with Gasteiger partial charge in [-0.2, -0.15) is 0 Å². The molecule has 0 saturated heterocycles. The Labute approximate surface area is 173 Å². The maximum atomic E-state index is 5.44. The summed E-state index contributed by atoms with van der Waals surface area (Å²) < 4.78 is 21.0. The molecule has 0 aliphatic carbocycles. The molecule has 7 nitrogen and oxygen atoms in total. The molecule has 0 amide bonds.